The van der Waals surface area contributed by atoms with Crippen LogP contribution >= 0.6 is 0 Å². The highest BCUT2D eigenvalue weighted by molar-refractivity contribution is 5.94. The third-order valence-corrected chi connectivity index (χ3v) is 6.86. The van der Waals surface area contributed by atoms with Gasteiger partial charge in [0.25, 0.3) is 5.91 Å². The van der Waals surface area contributed by atoms with Gasteiger partial charge in [0.05, 0.1) is 19.9 Å². The first-order valence-corrected chi connectivity index (χ1v) is 12.3. The lowest BCUT2D eigenvalue weighted by molar-refractivity contribution is 0.0737. The van der Waals surface area contributed by atoms with Crippen LogP contribution in [0, 0.1) is 0 Å². The van der Waals surface area contributed by atoms with Gasteiger partial charge in [-0.25, -0.2) is 4.68 Å². The molecule has 0 bridgehead atoms. The number of piperidine rings is 1. The molecule has 0 radical (unpaired) electrons. The van der Waals surface area contributed by atoms with E-state index < -0.39 is 0 Å². The Bertz CT molecular complexity index is 1130. The van der Waals surface area contributed by atoms with Gasteiger partial charge < -0.3 is 24.2 Å². The standard InChI is InChI=1S/C27H33N5O3/c1-34-23-17-22(18-24(19-23)35-2)29-13-15-31(16-14-29)27(33)25-20-26(30-11-7-4-8-12-30)28-32(25)21-9-5-3-6-10-21/h3,5-6,9-10,17-20H,4,7-8,11-16H2,1-2H3. The topological polar surface area (TPSA) is 63.1 Å². The van der Waals surface area contributed by atoms with Crippen LogP contribution in [0.1, 0.15) is 29.8 Å². The van der Waals surface area contributed by atoms with Crippen molar-refractivity contribution in [1.82, 2.24) is 14.7 Å². The Morgan fingerprint density at radius 3 is 2.03 bits per heavy atom. The lowest BCUT2D eigenvalue weighted by Crippen LogP contribution is -2.49. The highest BCUT2D eigenvalue weighted by Crippen LogP contribution is 2.29. The third-order valence-electron chi connectivity index (χ3n) is 6.86. The van der Waals surface area contributed by atoms with Gasteiger partial charge in [-0.3, -0.25) is 4.79 Å². The lowest BCUT2D eigenvalue weighted by atomic mass is 10.1. The predicted octanol–water partition coefficient (Wildman–Crippen LogP) is 3.84. The van der Waals surface area contributed by atoms with Gasteiger partial charge in [-0.1, -0.05) is 18.2 Å². The average molecular weight is 476 g/mol. The van der Waals surface area contributed by atoms with Crippen molar-refractivity contribution >= 4 is 17.4 Å². The molecule has 0 atom stereocenters. The lowest BCUT2D eigenvalue weighted by Gasteiger charge is -2.36. The molecular weight excluding hydrogens is 442 g/mol. The molecule has 0 unspecified atom stereocenters. The second kappa shape index (κ2) is 10.3. The molecule has 2 saturated heterocycles. The third kappa shape index (κ3) is 4.92. The first kappa shape index (κ1) is 23.1. The summed E-state index contributed by atoms with van der Waals surface area (Å²) in [5.41, 5.74) is 2.56. The van der Waals surface area contributed by atoms with E-state index in [9.17, 15) is 4.79 Å². The molecule has 35 heavy (non-hydrogen) atoms. The zero-order valence-electron chi connectivity index (χ0n) is 20.5. The summed E-state index contributed by atoms with van der Waals surface area (Å²) in [6.45, 7) is 4.72. The largest absolute Gasteiger partial charge is 0.497 e. The maximum absolute atomic E-state index is 13.7. The minimum atomic E-state index is 0.0208. The van der Waals surface area contributed by atoms with Crippen molar-refractivity contribution < 1.29 is 14.3 Å². The van der Waals surface area contributed by atoms with E-state index in [2.05, 4.69) is 9.80 Å². The van der Waals surface area contributed by atoms with Gasteiger partial charge in [-0.05, 0) is 31.4 Å². The van der Waals surface area contributed by atoms with Crippen molar-refractivity contribution in [2.24, 2.45) is 0 Å². The number of ether oxygens (including phenoxy) is 2. The molecule has 2 aliphatic rings. The molecule has 8 heteroatoms. The number of nitrogens with zero attached hydrogens (tertiary/aromatic N) is 5. The van der Waals surface area contributed by atoms with E-state index in [0.29, 0.717) is 18.8 Å². The Labute approximate surface area is 206 Å². The fraction of sp³-hybridized carbons (Fsp3) is 0.407. The highest BCUT2D eigenvalue weighted by atomic mass is 16.5. The number of anilines is 2. The Morgan fingerprint density at radius 2 is 1.40 bits per heavy atom. The number of amides is 1. The molecule has 1 aromatic heterocycles. The Morgan fingerprint density at radius 1 is 0.743 bits per heavy atom. The van der Waals surface area contributed by atoms with Crippen LogP contribution in [-0.4, -0.2) is 74.1 Å². The molecule has 2 aliphatic heterocycles. The van der Waals surface area contributed by atoms with Crippen LogP contribution < -0.4 is 19.3 Å². The van der Waals surface area contributed by atoms with Gasteiger partial charge >= 0.3 is 0 Å². The normalized spacial score (nSPS) is 16.3. The van der Waals surface area contributed by atoms with E-state index in [0.717, 1.165) is 54.9 Å². The van der Waals surface area contributed by atoms with Crippen molar-refractivity contribution in [2.75, 3.05) is 63.3 Å². The fourth-order valence-corrected chi connectivity index (χ4v) is 4.87. The first-order valence-electron chi connectivity index (χ1n) is 12.3. The summed E-state index contributed by atoms with van der Waals surface area (Å²) < 4.78 is 12.7. The van der Waals surface area contributed by atoms with Gasteiger partial charge in [0.2, 0.25) is 0 Å². The number of methoxy groups -OCH3 is 2. The van der Waals surface area contributed by atoms with Crippen LogP contribution in [0.4, 0.5) is 11.5 Å². The number of hydrogen-bond acceptors (Lipinski definition) is 6. The molecule has 0 aliphatic carbocycles. The summed E-state index contributed by atoms with van der Waals surface area (Å²) in [5, 5.41) is 4.88. The Balaban J connectivity index is 1.35. The van der Waals surface area contributed by atoms with E-state index >= 15 is 0 Å². The molecule has 5 rings (SSSR count). The average Bonchev–Trinajstić information content (AvgIpc) is 3.39. The van der Waals surface area contributed by atoms with Crippen LogP contribution in [-0.2, 0) is 0 Å². The monoisotopic (exact) mass is 475 g/mol. The smallest absolute Gasteiger partial charge is 0.272 e. The zero-order chi connectivity index (χ0) is 24.2. The first-order chi connectivity index (χ1) is 17.2. The number of carbonyl (C=O) groups excluding carboxylic acids is 1. The molecular formula is C27H33N5O3. The quantitative estimate of drug-likeness (QED) is 0.540. The summed E-state index contributed by atoms with van der Waals surface area (Å²) in [7, 11) is 3.31. The fourth-order valence-electron chi connectivity index (χ4n) is 4.87. The summed E-state index contributed by atoms with van der Waals surface area (Å²) in [6.07, 6.45) is 3.59. The van der Waals surface area contributed by atoms with Crippen LogP contribution in [0.5, 0.6) is 11.5 Å². The molecule has 3 aromatic rings. The zero-order valence-corrected chi connectivity index (χ0v) is 20.5. The molecule has 0 saturated carbocycles. The van der Waals surface area contributed by atoms with Gasteiger partial charge in [-0.15, -0.1) is 5.10 Å². The van der Waals surface area contributed by atoms with Crippen molar-refractivity contribution in [3.05, 3.63) is 60.3 Å². The number of hydrogen-bond donors (Lipinski definition) is 0. The van der Waals surface area contributed by atoms with Gasteiger partial charge in [0.1, 0.15) is 17.2 Å². The highest BCUT2D eigenvalue weighted by Gasteiger charge is 2.28. The Hall–Kier alpha value is -3.68. The van der Waals surface area contributed by atoms with Crippen LogP contribution in [0.3, 0.4) is 0 Å². The summed E-state index contributed by atoms with van der Waals surface area (Å²) in [4.78, 5) is 20.2. The van der Waals surface area contributed by atoms with E-state index in [1.165, 1.54) is 19.3 Å². The second-order valence-corrected chi connectivity index (χ2v) is 9.03. The second-order valence-electron chi connectivity index (χ2n) is 9.03. The SMILES string of the molecule is COc1cc(OC)cc(N2CCN(C(=O)c3cc(N4CCCCC4)nn3-c3ccccc3)CC2)c1. The molecule has 1 amide bonds. The number of rotatable bonds is 6. The Kier molecular flexibility index (Phi) is 6.79. The minimum Gasteiger partial charge on any atom is -0.497 e. The number of aromatic nitrogens is 2. The van der Waals surface area contributed by atoms with Gasteiger partial charge in [-0.2, -0.15) is 0 Å². The number of para-hydroxylation sites is 1. The molecule has 0 spiro atoms. The van der Waals surface area contributed by atoms with E-state index in [-0.39, 0.29) is 5.91 Å². The number of carbonyl (C=O) groups is 1. The van der Waals surface area contributed by atoms with Crippen LogP contribution in [0.25, 0.3) is 5.69 Å². The van der Waals surface area contributed by atoms with Crippen molar-refractivity contribution in [3.8, 4) is 17.2 Å². The maximum atomic E-state index is 13.7. The van der Waals surface area contributed by atoms with E-state index in [1.54, 1.807) is 14.2 Å². The number of piperazine rings is 1. The summed E-state index contributed by atoms with van der Waals surface area (Å²) in [5.74, 6) is 2.43. The van der Waals surface area contributed by atoms with Gasteiger partial charge in [0, 0.05) is 69.2 Å². The molecule has 3 heterocycles. The van der Waals surface area contributed by atoms with E-state index in [1.807, 2.05) is 64.2 Å². The minimum absolute atomic E-state index is 0.0208. The van der Waals surface area contributed by atoms with Crippen molar-refractivity contribution in [3.63, 3.8) is 0 Å². The van der Waals surface area contributed by atoms with Gasteiger partial charge in [0.15, 0.2) is 5.82 Å². The van der Waals surface area contributed by atoms with Crippen LogP contribution in [0.2, 0.25) is 0 Å². The molecule has 184 valence electrons. The molecule has 0 N–H and O–H groups in total. The maximum Gasteiger partial charge on any atom is 0.272 e. The molecule has 2 aromatic carbocycles. The number of benzene rings is 2. The molecule has 2 fully saturated rings. The molecule has 8 nitrogen and oxygen atoms in total. The van der Waals surface area contributed by atoms with Crippen molar-refractivity contribution in [1.29, 1.82) is 0 Å². The summed E-state index contributed by atoms with van der Waals surface area (Å²) in [6, 6.07) is 17.8. The van der Waals surface area contributed by atoms with Crippen LogP contribution in [0.15, 0.2) is 54.6 Å². The predicted molar refractivity (Wildman–Crippen MR) is 137 cm³/mol. The van der Waals surface area contributed by atoms with Crippen molar-refractivity contribution in [2.45, 2.75) is 19.3 Å². The van der Waals surface area contributed by atoms with E-state index in [4.69, 9.17) is 14.6 Å². The summed E-state index contributed by atoms with van der Waals surface area (Å²) >= 11 is 0.